The molecule has 0 saturated carbocycles. The van der Waals surface area contributed by atoms with Gasteiger partial charge in [-0.25, -0.2) is 0 Å². The van der Waals surface area contributed by atoms with Crippen molar-refractivity contribution < 1.29 is 9.53 Å². The Labute approximate surface area is 138 Å². The molecule has 23 heavy (non-hydrogen) atoms. The summed E-state index contributed by atoms with van der Waals surface area (Å²) < 4.78 is 5.10. The van der Waals surface area contributed by atoms with E-state index in [0.717, 1.165) is 16.9 Å². The number of benzene rings is 2. The van der Waals surface area contributed by atoms with Crippen LogP contribution in [0.4, 0.5) is 0 Å². The molecule has 0 aliphatic carbocycles. The Morgan fingerprint density at radius 1 is 1.13 bits per heavy atom. The number of hydrogen-bond donors (Lipinski definition) is 1. The molecule has 1 N–H and O–H groups in total. The van der Waals surface area contributed by atoms with Crippen LogP contribution in [-0.2, 0) is 4.79 Å². The second-order valence-corrected chi connectivity index (χ2v) is 5.91. The first-order chi connectivity index (χ1) is 11.3. The second-order valence-electron chi connectivity index (χ2n) is 4.82. The van der Waals surface area contributed by atoms with Gasteiger partial charge in [0.05, 0.1) is 13.3 Å². The van der Waals surface area contributed by atoms with Gasteiger partial charge in [0.2, 0.25) is 5.91 Å². The van der Waals surface area contributed by atoms with Crippen LogP contribution in [0, 0.1) is 0 Å². The van der Waals surface area contributed by atoms with Gasteiger partial charge in [0.25, 0.3) is 0 Å². The summed E-state index contributed by atoms with van der Waals surface area (Å²) in [5.74, 6) is 0.720. The van der Waals surface area contributed by atoms with Crippen LogP contribution >= 0.6 is 11.8 Å². The van der Waals surface area contributed by atoms with Gasteiger partial charge in [0.15, 0.2) is 5.17 Å². The van der Waals surface area contributed by atoms with Crippen LogP contribution in [-0.4, -0.2) is 24.4 Å². The molecule has 1 amide bonds. The summed E-state index contributed by atoms with van der Waals surface area (Å²) in [5, 5.41) is 11.1. The standard InChI is InChI=1S/C17H15N3O2S/c1-22-14-9-7-12(8-10-14)11-18-20-17-19-16(21)15(23-17)13-5-3-2-4-6-13/h2-11,15H,1H3,(H,19,20,21)/b18-11+/t15-/m0/s1. The third-order valence-corrected chi connectivity index (χ3v) is 4.40. The topological polar surface area (TPSA) is 63.1 Å². The average molecular weight is 325 g/mol. The molecule has 0 spiro atoms. The van der Waals surface area contributed by atoms with Crippen LogP contribution in [0.2, 0.25) is 0 Å². The number of thioether (sulfide) groups is 1. The quantitative estimate of drug-likeness (QED) is 0.694. The minimum absolute atomic E-state index is 0.0698. The third kappa shape index (κ3) is 3.78. The third-order valence-electron chi connectivity index (χ3n) is 3.27. The number of ether oxygens (including phenoxy) is 1. The summed E-state index contributed by atoms with van der Waals surface area (Å²) in [4.78, 5) is 12.0. The molecule has 116 valence electrons. The Morgan fingerprint density at radius 2 is 1.87 bits per heavy atom. The summed E-state index contributed by atoms with van der Waals surface area (Å²) in [5.41, 5.74) is 1.86. The molecule has 0 bridgehead atoms. The fourth-order valence-corrected chi connectivity index (χ4v) is 3.04. The molecule has 0 unspecified atom stereocenters. The molecule has 0 aromatic heterocycles. The summed E-state index contributed by atoms with van der Waals surface area (Å²) >= 11 is 1.37. The lowest BCUT2D eigenvalue weighted by molar-refractivity contribution is -0.118. The lowest BCUT2D eigenvalue weighted by atomic mass is 10.1. The van der Waals surface area contributed by atoms with Crippen molar-refractivity contribution in [2.75, 3.05) is 7.11 Å². The average Bonchev–Trinajstić information content (AvgIpc) is 2.97. The van der Waals surface area contributed by atoms with Gasteiger partial charge in [-0.1, -0.05) is 42.1 Å². The molecule has 0 radical (unpaired) electrons. The van der Waals surface area contributed by atoms with E-state index in [4.69, 9.17) is 4.74 Å². The molecule has 1 aliphatic rings. The van der Waals surface area contributed by atoms with Gasteiger partial charge >= 0.3 is 0 Å². The van der Waals surface area contributed by atoms with Crippen LogP contribution in [0.25, 0.3) is 0 Å². The van der Waals surface area contributed by atoms with Gasteiger partial charge in [-0.2, -0.15) is 5.10 Å². The van der Waals surface area contributed by atoms with Crippen molar-refractivity contribution >= 4 is 29.1 Å². The highest BCUT2D eigenvalue weighted by Gasteiger charge is 2.31. The largest absolute Gasteiger partial charge is 0.497 e. The van der Waals surface area contributed by atoms with Gasteiger partial charge in [0.1, 0.15) is 11.0 Å². The Morgan fingerprint density at radius 3 is 2.57 bits per heavy atom. The molecule has 1 aliphatic heterocycles. The van der Waals surface area contributed by atoms with Gasteiger partial charge in [-0.3, -0.25) is 4.79 Å². The normalized spacial score (nSPS) is 19.3. The molecule has 5 nitrogen and oxygen atoms in total. The van der Waals surface area contributed by atoms with Crippen molar-refractivity contribution in [2.45, 2.75) is 5.25 Å². The molecule has 6 heteroatoms. The molecule has 1 fully saturated rings. The SMILES string of the molecule is COc1ccc(/C=N/N=C2/NC(=O)[C@H](c3ccccc3)S2)cc1. The van der Waals surface area contributed by atoms with Crippen molar-refractivity contribution in [3.05, 3.63) is 65.7 Å². The summed E-state index contributed by atoms with van der Waals surface area (Å²) in [6.07, 6.45) is 1.63. The van der Waals surface area contributed by atoms with Crippen LogP contribution in [0.5, 0.6) is 5.75 Å². The minimum atomic E-state index is -0.272. The second kappa shape index (κ2) is 7.11. The fraction of sp³-hybridized carbons (Fsp3) is 0.118. The monoisotopic (exact) mass is 325 g/mol. The first-order valence-corrected chi connectivity index (χ1v) is 7.92. The van der Waals surface area contributed by atoms with E-state index < -0.39 is 0 Å². The number of hydrogen-bond acceptors (Lipinski definition) is 5. The maximum atomic E-state index is 12.0. The van der Waals surface area contributed by atoms with Gasteiger partial charge in [0, 0.05) is 0 Å². The molecule has 1 atom stereocenters. The first kappa shape index (κ1) is 15.3. The smallest absolute Gasteiger partial charge is 0.244 e. The van der Waals surface area contributed by atoms with Crippen LogP contribution in [0.3, 0.4) is 0 Å². The molecule has 1 heterocycles. The number of amides is 1. The Bertz CT molecular complexity index is 742. The predicted molar refractivity (Wildman–Crippen MR) is 92.9 cm³/mol. The molecule has 1 saturated heterocycles. The highest BCUT2D eigenvalue weighted by molar-refractivity contribution is 8.15. The zero-order chi connectivity index (χ0) is 16.1. The van der Waals surface area contributed by atoms with Crippen molar-refractivity contribution in [2.24, 2.45) is 10.2 Å². The van der Waals surface area contributed by atoms with E-state index in [-0.39, 0.29) is 11.2 Å². The fourth-order valence-electron chi connectivity index (χ4n) is 2.10. The Kier molecular flexibility index (Phi) is 4.73. The van der Waals surface area contributed by atoms with Crippen molar-refractivity contribution in [3.8, 4) is 5.75 Å². The van der Waals surface area contributed by atoms with Crippen LogP contribution in [0.15, 0.2) is 64.8 Å². The lowest BCUT2D eigenvalue weighted by Gasteiger charge is -2.03. The van der Waals surface area contributed by atoms with Crippen LogP contribution in [0.1, 0.15) is 16.4 Å². The maximum absolute atomic E-state index is 12.0. The van der Waals surface area contributed by atoms with E-state index in [1.165, 1.54) is 11.8 Å². The number of carbonyl (C=O) groups is 1. The van der Waals surface area contributed by atoms with E-state index in [2.05, 4.69) is 15.5 Å². The lowest BCUT2D eigenvalue weighted by Crippen LogP contribution is -2.21. The molecule has 2 aromatic carbocycles. The van der Waals surface area contributed by atoms with E-state index in [1.807, 2.05) is 54.6 Å². The molecule has 2 aromatic rings. The number of nitrogens with one attached hydrogen (secondary N) is 1. The number of amidine groups is 1. The zero-order valence-electron chi connectivity index (χ0n) is 12.5. The Balaban J connectivity index is 1.66. The molecular formula is C17H15N3O2S. The zero-order valence-corrected chi connectivity index (χ0v) is 13.3. The maximum Gasteiger partial charge on any atom is 0.244 e. The first-order valence-electron chi connectivity index (χ1n) is 7.04. The van der Waals surface area contributed by atoms with Crippen LogP contribution < -0.4 is 10.1 Å². The number of nitrogens with zero attached hydrogens (tertiary/aromatic N) is 2. The van der Waals surface area contributed by atoms with Gasteiger partial charge < -0.3 is 10.1 Å². The highest BCUT2D eigenvalue weighted by Crippen LogP contribution is 2.34. The van der Waals surface area contributed by atoms with Crippen molar-refractivity contribution in [3.63, 3.8) is 0 Å². The highest BCUT2D eigenvalue weighted by atomic mass is 32.2. The summed E-state index contributed by atoms with van der Waals surface area (Å²) in [6.45, 7) is 0. The number of rotatable bonds is 4. The predicted octanol–water partition coefficient (Wildman–Crippen LogP) is 2.99. The van der Waals surface area contributed by atoms with Gasteiger partial charge in [-0.15, -0.1) is 5.10 Å². The Hall–Kier alpha value is -2.60. The molecule has 3 rings (SSSR count). The van der Waals surface area contributed by atoms with E-state index in [0.29, 0.717) is 5.17 Å². The van der Waals surface area contributed by atoms with E-state index >= 15 is 0 Å². The minimum Gasteiger partial charge on any atom is -0.497 e. The summed E-state index contributed by atoms with van der Waals surface area (Å²) in [7, 11) is 1.62. The number of methoxy groups -OCH3 is 1. The van der Waals surface area contributed by atoms with Crippen molar-refractivity contribution in [1.29, 1.82) is 0 Å². The van der Waals surface area contributed by atoms with E-state index in [9.17, 15) is 4.79 Å². The number of carbonyl (C=O) groups excluding carboxylic acids is 1. The summed E-state index contributed by atoms with van der Waals surface area (Å²) in [6, 6.07) is 17.1. The van der Waals surface area contributed by atoms with E-state index in [1.54, 1.807) is 13.3 Å². The van der Waals surface area contributed by atoms with Crippen molar-refractivity contribution in [1.82, 2.24) is 5.32 Å². The van der Waals surface area contributed by atoms with Gasteiger partial charge in [-0.05, 0) is 35.4 Å². The molecular weight excluding hydrogens is 310 g/mol.